The van der Waals surface area contributed by atoms with Gasteiger partial charge in [-0.2, -0.15) is 0 Å². The lowest BCUT2D eigenvalue weighted by Gasteiger charge is -2.38. The zero-order chi connectivity index (χ0) is 16.3. The second-order valence-electron chi connectivity index (χ2n) is 6.86. The minimum atomic E-state index is -0.648. The van der Waals surface area contributed by atoms with Crippen LogP contribution in [0.1, 0.15) is 66.2 Å². The van der Waals surface area contributed by atoms with Crippen LogP contribution in [-0.4, -0.2) is 35.5 Å². The largest absolute Gasteiger partial charge is 0.451 e. The molecule has 0 aromatic carbocycles. The van der Waals surface area contributed by atoms with Gasteiger partial charge in [-0.1, -0.05) is 20.8 Å². The zero-order valence-electron chi connectivity index (χ0n) is 14.4. The molecule has 0 unspecified atom stereocenters. The Morgan fingerprint density at radius 2 is 1.77 bits per heavy atom. The van der Waals surface area contributed by atoms with Crippen LogP contribution in [0.15, 0.2) is 11.1 Å². The summed E-state index contributed by atoms with van der Waals surface area (Å²) in [5.41, 5.74) is 0.521. The Bertz CT molecular complexity index is 467. The average molecular weight is 307 g/mol. The molecule has 1 aliphatic carbocycles. The maximum atomic E-state index is 13.1. The third-order valence-corrected chi connectivity index (χ3v) is 4.99. The van der Waals surface area contributed by atoms with E-state index < -0.39 is 5.60 Å². The number of esters is 1. The lowest BCUT2D eigenvalue weighted by atomic mass is 9.74. The fourth-order valence-electron chi connectivity index (χ4n) is 3.70. The van der Waals surface area contributed by atoms with Gasteiger partial charge in [0.25, 0.3) is 5.91 Å². The van der Waals surface area contributed by atoms with Crippen molar-refractivity contribution in [2.75, 3.05) is 13.1 Å². The second-order valence-corrected chi connectivity index (χ2v) is 6.86. The first-order chi connectivity index (χ1) is 10.4. The van der Waals surface area contributed by atoms with Crippen LogP contribution in [0.2, 0.25) is 0 Å². The predicted molar refractivity (Wildman–Crippen MR) is 86.3 cm³/mol. The summed E-state index contributed by atoms with van der Waals surface area (Å²) in [6, 6.07) is 0. The molecule has 2 aliphatic rings. The molecule has 1 fully saturated rings. The summed E-state index contributed by atoms with van der Waals surface area (Å²) >= 11 is 0. The van der Waals surface area contributed by atoms with Crippen molar-refractivity contribution < 1.29 is 14.3 Å². The number of rotatable bonds is 5. The van der Waals surface area contributed by atoms with E-state index in [1.165, 1.54) is 0 Å². The van der Waals surface area contributed by atoms with Crippen LogP contribution in [0.4, 0.5) is 0 Å². The zero-order valence-corrected chi connectivity index (χ0v) is 14.4. The van der Waals surface area contributed by atoms with E-state index in [0.717, 1.165) is 51.6 Å². The number of carbonyl (C=O) groups is 2. The fourth-order valence-corrected chi connectivity index (χ4v) is 3.70. The molecule has 4 nitrogen and oxygen atoms in total. The minimum absolute atomic E-state index is 0.0154. The smallest absolute Gasteiger partial charge is 0.335 e. The van der Waals surface area contributed by atoms with Gasteiger partial charge in [0, 0.05) is 18.7 Å². The highest BCUT2D eigenvalue weighted by Gasteiger charge is 2.51. The van der Waals surface area contributed by atoms with Crippen LogP contribution < -0.4 is 0 Å². The van der Waals surface area contributed by atoms with Crippen molar-refractivity contribution in [1.82, 2.24) is 4.90 Å². The van der Waals surface area contributed by atoms with Gasteiger partial charge in [0.2, 0.25) is 0 Å². The summed E-state index contributed by atoms with van der Waals surface area (Å²) in [4.78, 5) is 27.1. The van der Waals surface area contributed by atoms with Crippen LogP contribution in [0, 0.1) is 5.92 Å². The lowest BCUT2D eigenvalue weighted by molar-refractivity contribution is -0.150. The number of ether oxygens (including phenoxy) is 1. The van der Waals surface area contributed by atoms with Gasteiger partial charge in [-0.05, 0) is 51.4 Å². The molecule has 0 radical (unpaired) electrons. The Hall–Kier alpha value is -1.32. The molecule has 0 N–H and O–H groups in total. The van der Waals surface area contributed by atoms with Crippen LogP contribution >= 0.6 is 0 Å². The summed E-state index contributed by atoms with van der Waals surface area (Å²) in [5, 5.41) is 0. The fraction of sp³-hybridized carbons (Fsp3) is 0.778. The highest BCUT2D eigenvalue weighted by Crippen LogP contribution is 2.45. The maximum Gasteiger partial charge on any atom is 0.335 e. The first-order valence-corrected chi connectivity index (χ1v) is 8.69. The Morgan fingerprint density at radius 3 is 2.27 bits per heavy atom. The molecule has 1 amide bonds. The van der Waals surface area contributed by atoms with Crippen LogP contribution in [0.5, 0.6) is 0 Å². The van der Waals surface area contributed by atoms with Gasteiger partial charge in [-0.15, -0.1) is 0 Å². The first-order valence-electron chi connectivity index (χ1n) is 8.69. The van der Waals surface area contributed by atoms with E-state index in [9.17, 15) is 9.59 Å². The van der Waals surface area contributed by atoms with Crippen molar-refractivity contribution in [1.29, 1.82) is 0 Å². The van der Waals surface area contributed by atoms with E-state index in [4.69, 9.17) is 4.74 Å². The Balaban J connectivity index is 2.31. The molecule has 0 aromatic rings. The van der Waals surface area contributed by atoms with Gasteiger partial charge in [0.1, 0.15) is 5.60 Å². The van der Waals surface area contributed by atoms with Gasteiger partial charge < -0.3 is 9.64 Å². The molecule has 124 valence electrons. The summed E-state index contributed by atoms with van der Waals surface area (Å²) in [7, 11) is 0. The molecule has 2 rings (SSSR count). The van der Waals surface area contributed by atoms with Gasteiger partial charge in [-0.25, -0.2) is 4.79 Å². The van der Waals surface area contributed by atoms with Gasteiger partial charge in [0.15, 0.2) is 0 Å². The topological polar surface area (TPSA) is 46.6 Å². The lowest BCUT2D eigenvalue weighted by Crippen LogP contribution is -2.44. The van der Waals surface area contributed by atoms with Crippen LogP contribution in [0.3, 0.4) is 0 Å². The van der Waals surface area contributed by atoms with Gasteiger partial charge in [-0.3, -0.25) is 4.79 Å². The van der Waals surface area contributed by atoms with Crippen molar-refractivity contribution >= 4 is 11.9 Å². The van der Waals surface area contributed by atoms with Crippen molar-refractivity contribution in [2.24, 2.45) is 5.92 Å². The van der Waals surface area contributed by atoms with E-state index in [2.05, 4.69) is 20.8 Å². The number of amides is 1. The minimum Gasteiger partial charge on any atom is -0.451 e. The van der Waals surface area contributed by atoms with Crippen molar-refractivity contribution in [3.63, 3.8) is 0 Å². The number of hydrogen-bond donors (Lipinski definition) is 0. The first kappa shape index (κ1) is 17.0. The third kappa shape index (κ3) is 3.06. The molecular weight excluding hydrogens is 278 g/mol. The molecule has 0 atom stereocenters. The molecule has 0 saturated heterocycles. The van der Waals surface area contributed by atoms with Crippen molar-refractivity contribution in [3.05, 3.63) is 11.1 Å². The standard InChI is InChI=1S/C18H29NO3/c1-5-11-19(12-6-2)16(20)15-14(4)17(21)22-18(15)9-7-13(3)8-10-18/h13H,5-12H2,1-4H3. The number of nitrogens with zero attached hydrogens (tertiary/aromatic N) is 1. The Kier molecular flexibility index (Phi) is 5.30. The number of hydrogen-bond acceptors (Lipinski definition) is 3. The summed E-state index contributed by atoms with van der Waals surface area (Å²) < 4.78 is 5.73. The van der Waals surface area contributed by atoms with Crippen molar-refractivity contribution in [3.8, 4) is 0 Å². The quantitative estimate of drug-likeness (QED) is 0.731. The summed E-state index contributed by atoms with van der Waals surface area (Å²) in [5.74, 6) is 0.358. The monoisotopic (exact) mass is 307 g/mol. The normalized spacial score (nSPS) is 28.2. The summed E-state index contributed by atoms with van der Waals surface area (Å²) in [6.45, 7) is 9.60. The van der Waals surface area contributed by atoms with Gasteiger partial charge in [0.05, 0.1) is 5.57 Å². The molecule has 4 heteroatoms. The second kappa shape index (κ2) is 6.84. The van der Waals surface area contributed by atoms with E-state index in [1.54, 1.807) is 6.92 Å². The van der Waals surface area contributed by atoms with Gasteiger partial charge >= 0.3 is 5.97 Å². The molecule has 1 aliphatic heterocycles. The van der Waals surface area contributed by atoms with E-state index in [1.807, 2.05) is 4.90 Å². The molecule has 22 heavy (non-hydrogen) atoms. The predicted octanol–water partition coefficient (Wildman–Crippen LogP) is 3.46. The van der Waals surface area contributed by atoms with E-state index in [0.29, 0.717) is 17.1 Å². The molecule has 0 aromatic heterocycles. The van der Waals surface area contributed by atoms with Crippen molar-refractivity contribution in [2.45, 2.75) is 71.8 Å². The molecular formula is C18H29NO3. The number of carbonyl (C=O) groups excluding carboxylic acids is 2. The molecule has 0 bridgehead atoms. The Labute approximate surface area is 133 Å². The average Bonchev–Trinajstić information content (AvgIpc) is 2.73. The van der Waals surface area contributed by atoms with Crippen LogP contribution in [-0.2, 0) is 14.3 Å². The SMILES string of the molecule is CCCN(CCC)C(=O)C1=C(C)C(=O)OC12CCC(C)CC2. The molecule has 1 heterocycles. The van der Waals surface area contributed by atoms with E-state index in [-0.39, 0.29) is 11.9 Å². The summed E-state index contributed by atoms with van der Waals surface area (Å²) in [6.07, 6.45) is 5.44. The highest BCUT2D eigenvalue weighted by molar-refractivity contribution is 6.07. The maximum absolute atomic E-state index is 13.1. The highest BCUT2D eigenvalue weighted by atomic mass is 16.6. The third-order valence-electron chi connectivity index (χ3n) is 4.99. The Morgan fingerprint density at radius 1 is 1.23 bits per heavy atom. The molecule has 1 saturated carbocycles. The molecule has 1 spiro atoms. The van der Waals surface area contributed by atoms with E-state index >= 15 is 0 Å². The van der Waals surface area contributed by atoms with Crippen LogP contribution in [0.25, 0.3) is 0 Å².